The molecule has 2 rings (SSSR count). The van der Waals surface area contributed by atoms with Crippen LogP contribution < -0.4 is 15.5 Å². The van der Waals surface area contributed by atoms with E-state index in [0.717, 1.165) is 24.5 Å². The molecule has 6 nitrogen and oxygen atoms in total. The largest absolute Gasteiger partial charge is 0.411 e. The summed E-state index contributed by atoms with van der Waals surface area (Å²) in [6, 6.07) is 3.45. The SMILES string of the molecule is O=C(NCCCOCC(F)(F)F)NCc1ccnc(N2CCCCC2)c1. The van der Waals surface area contributed by atoms with Gasteiger partial charge in [-0.25, -0.2) is 9.78 Å². The van der Waals surface area contributed by atoms with Gasteiger partial charge in [0, 0.05) is 39.0 Å². The van der Waals surface area contributed by atoms with Crippen LogP contribution in [-0.2, 0) is 11.3 Å². The first kappa shape index (κ1) is 20.3. The van der Waals surface area contributed by atoms with Crippen LogP contribution >= 0.6 is 0 Å². The lowest BCUT2D eigenvalue weighted by Gasteiger charge is -2.27. The maximum atomic E-state index is 11.9. The number of hydrogen-bond donors (Lipinski definition) is 2. The van der Waals surface area contributed by atoms with E-state index in [1.807, 2.05) is 12.1 Å². The van der Waals surface area contributed by atoms with Crippen molar-refractivity contribution in [2.75, 3.05) is 37.7 Å². The summed E-state index contributed by atoms with van der Waals surface area (Å²) in [5.74, 6) is 0.922. The van der Waals surface area contributed by atoms with Crippen LogP contribution in [0.4, 0.5) is 23.8 Å². The molecule has 0 unspecified atom stereocenters. The summed E-state index contributed by atoms with van der Waals surface area (Å²) in [6.45, 7) is 1.30. The van der Waals surface area contributed by atoms with Crippen LogP contribution in [0.15, 0.2) is 18.3 Å². The molecule has 2 N–H and O–H groups in total. The van der Waals surface area contributed by atoms with Gasteiger partial charge < -0.3 is 20.3 Å². The van der Waals surface area contributed by atoms with Crippen LogP contribution in [-0.4, -0.2) is 50.0 Å². The Morgan fingerprint density at radius 2 is 2.00 bits per heavy atom. The summed E-state index contributed by atoms with van der Waals surface area (Å²) in [4.78, 5) is 18.4. The summed E-state index contributed by atoms with van der Waals surface area (Å²) in [6.07, 6.45) is 1.31. The minimum atomic E-state index is -4.32. The summed E-state index contributed by atoms with van der Waals surface area (Å²) in [5, 5.41) is 5.32. The van der Waals surface area contributed by atoms with Crippen molar-refractivity contribution in [1.82, 2.24) is 15.6 Å². The standard InChI is InChI=1S/C17H25F3N4O2/c18-17(19,20)13-26-10-4-6-22-16(25)23-12-14-5-7-21-15(11-14)24-8-2-1-3-9-24/h5,7,11H,1-4,6,8-10,12-13H2,(H2,22,23,25). The average molecular weight is 374 g/mol. The zero-order valence-corrected chi connectivity index (χ0v) is 14.6. The van der Waals surface area contributed by atoms with Gasteiger partial charge in [-0.3, -0.25) is 0 Å². The van der Waals surface area contributed by atoms with E-state index in [0.29, 0.717) is 13.0 Å². The fourth-order valence-electron chi connectivity index (χ4n) is 2.68. The van der Waals surface area contributed by atoms with Crippen molar-refractivity contribution in [1.29, 1.82) is 0 Å². The van der Waals surface area contributed by atoms with Crippen LogP contribution in [0, 0.1) is 0 Å². The summed E-state index contributed by atoms with van der Waals surface area (Å²) in [5.41, 5.74) is 0.948. The van der Waals surface area contributed by atoms with Crippen molar-refractivity contribution in [3.05, 3.63) is 23.9 Å². The first-order valence-corrected chi connectivity index (χ1v) is 8.80. The van der Waals surface area contributed by atoms with E-state index in [1.165, 1.54) is 19.3 Å². The van der Waals surface area contributed by atoms with Gasteiger partial charge in [0.15, 0.2) is 0 Å². The Bertz CT molecular complexity index is 563. The second-order valence-corrected chi connectivity index (χ2v) is 6.20. The fraction of sp³-hybridized carbons (Fsp3) is 0.647. The molecule has 1 fully saturated rings. The van der Waals surface area contributed by atoms with Gasteiger partial charge in [0.25, 0.3) is 0 Å². The highest BCUT2D eigenvalue weighted by molar-refractivity contribution is 5.73. The summed E-state index contributed by atoms with van der Waals surface area (Å²) < 4.78 is 40.1. The van der Waals surface area contributed by atoms with Crippen molar-refractivity contribution in [2.24, 2.45) is 0 Å². The van der Waals surface area contributed by atoms with E-state index >= 15 is 0 Å². The van der Waals surface area contributed by atoms with Gasteiger partial charge in [0.05, 0.1) is 0 Å². The molecular formula is C17H25F3N4O2. The highest BCUT2D eigenvalue weighted by Crippen LogP contribution is 2.18. The number of aromatic nitrogens is 1. The van der Waals surface area contributed by atoms with Crippen molar-refractivity contribution in [3.63, 3.8) is 0 Å². The van der Waals surface area contributed by atoms with Crippen LogP contribution in [0.2, 0.25) is 0 Å². The van der Waals surface area contributed by atoms with Crippen molar-refractivity contribution < 1.29 is 22.7 Å². The lowest BCUT2D eigenvalue weighted by atomic mass is 10.1. The van der Waals surface area contributed by atoms with E-state index in [2.05, 4.69) is 25.3 Å². The average Bonchev–Trinajstić information content (AvgIpc) is 2.63. The lowest BCUT2D eigenvalue weighted by molar-refractivity contribution is -0.173. The van der Waals surface area contributed by atoms with Gasteiger partial charge in [-0.1, -0.05) is 0 Å². The molecule has 1 aromatic heterocycles. The molecule has 1 saturated heterocycles. The maximum absolute atomic E-state index is 11.9. The van der Waals surface area contributed by atoms with Gasteiger partial charge in [0.2, 0.25) is 0 Å². The van der Waals surface area contributed by atoms with Gasteiger partial charge in [-0.2, -0.15) is 13.2 Å². The fourth-order valence-corrected chi connectivity index (χ4v) is 2.68. The Kier molecular flexibility index (Phi) is 7.96. The second kappa shape index (κ2) is 10.2. The van der Waals surface area contributed by atoms with E-state index in [9.17, 15) is 18.0 Å². The third-order valence-electron chi connectivity index (χ3n) is 3.96. The van der Waals surface area contributed by atoms with Gasteiger partial charge in [-0.15, -0.1) is 0 Å². The molecule has 2 heterocycles. The number of rotatable bonds is 8. The van der Waals surface area contributed by atoms with E-state index in [4.69, 9.17) is 0 Å². The number of hydrogen-bond acceptors (Lipinski definition) is 4. The molecule has 0 atom stereocenters. The molecule has 9 heteroatoms. The Balaban J connectivity index is 1.63. The Hall–Kier alpha value is -2.03. The summed E-state index contributed by atoms with van der Waals surface area (Å²) in [7, 11) is 0. The third kappa shape index (κ3) is 7.90. The maximum Gasteiger partial charge on any atom is 0.411 e. The molecule has 26 heavy (non-hydrogen) atoms. The first-order chi connectivity index (χ1) is 12.4. The Morgan fingerprint density at radius 1 is 1.23 bits per heavy atom. The number of carbonyl (C=O) groups is 1. The number of carbonyl (C=O) groups excluding carboxylic acids is 1. The van der Waals surface area contributed by atoms with Crippen LogP contribution in [0.3, 0.4) is 0 Å². The molecule has 0 saturated carbocycles. The Morgan fingerprint density at radius 3 is 2.73 bits per heavy atom. The van der Waals surface area contributed by atoms with Crippen LogP contribution in [0.25, 0.3) is 0 Å². The molecule has 2 amide bonds. The number of pyridine rings is 1. The molecular weight excluding hydrogens is 349 g/mol. The minimum absolute atomic E-state index is 0.0522. The van der Waals surface area contributed by atoms with E-state index < -0.39 is 12.8 Å². The second-order valence-electron chi connectivity index (χ2n) is 6.20. The number of urea groups is 1. The topological polar surface area (TPSA) is 66.5 Å². The molecule has 0 radical (unpaired) electrons. The molecule has 146 valence electrons. The van der Waals surface area contributed by atoms with Crippen LogP contribution in [0.1, 0.15) is 31.2 Å². The highest BCUT2D eigenvalue weighted by Gasteiger charge is 2.27. The molecule has 0 spiro atoms. The number of nitrogens with one attached hydrogen (secondary N) is 2. The number of nitrogens with zero attached hydrogens (tertiary/aromatic N) is 2. The predicted molar refractivity (Wildman–Crippen MR) is 92.0 cm³/mol. The lowest BCUT2D eigenvalue weighted by Crippen LogP contribution is -2.36. The molecule has 1 aliphatic heterocycles. The number of ether oxygens (including phenoxy) is 1. The van der Waals surface area contributed by atoms with Crippen LogP contribution in [0.5, 0.6) is 0 Å². The smallest absolute Gasteiger partial charge is 0.372 e. The van der Waals surface area contributed by atoms with Crippen molar-refractivity contribution in [3.8, 4) is 0 Å². The molecule has 0 bridgehead atoms. The van der Waals surface area contributed by atoms with Gasteiger partial charge in [-0.05, 0) is 43.4 Å². The summed E-state index contributed by atoms with van der Waals surface area (Å²) >= 11 is 0. The third-order valence-corrected chi connectivity index (χ3v) is 3.96. The van der Waals surface area contributed by atoms with Crippen molar-refractivity contribution >= 4 is 11.8 Å². The normalized spacial score (nSPS) is 15.0. The van der Waals surface area contributed by atoms with E-state index in [1.54, 1.807) is 6.20 Å². The quantitative estimate of drug-likeness (QED) is 0.687. The van der Waals surface area contributed by atoms with Crippen molar-refractivity contribution in [2.45, 2.75) is 38.4 Å². The van der Waals surface area contributed by atoms with Gasteiger partial charge in [0.1, 0.15) is 12.4 Å². The zero-order chi connectivity index (χ0) is 18.8. The molecule has 0 aromatic carbocycles. The monoisotopic (exact) mass is 374 g/mol. The van der Waals surface area contributed by atoms with E-state index in [-0.39, 0.29) is 19.2 Å². The number of halogens is 3. The first-order valence-electron chi connectivity index (χ1n) is 8.80. The molecule has 0 aliphatic carbocycles. The molecule has 1 aliphatic rings. The zero-order valence-electron chi connectivity index (χ0n) is 14.6. The number of piperidine rings is 1. The highest BCUT2D eigenvalue weighted by atomic mass is 19.4. The van der Waals surface area contributed by atoms with Gasteiger partial charge >= 0.3 is 12.2 Å². The Labute approximate surface area is 151 Å². The minimum Gasteiger partial charge on any atom is -0.372 e. The number of alkyl halides is 3. The molecule has 1 aromatic rings. The number of amides is 2. The predicted octanol–water partition coefficient (Wildman–Crippen LogP) is 2.84. The number of anilines is 1.